The first-order valence-corrected chi connectivity index (χ1v) is 7.83. The van der Waals surface area contributed by atoms with Crippen LogP contribution in [-0.4, -0.2) is 31.9 Å². The molecule has 0 saturated carbocycles. The number of para-hydroxylation sites is 2. The molecule has 25 heavy (non-hydrogen) atoms. The van der Waals surface area contributed by atoms with Crippen LogP contribution in [-0.2, 0) is 16.5 Å². The van der Waals surface area contributed by atoms with Gasteiger partial charge in [-0.3, -0.25) is 9.19 Å². The molecule has 3 rings (SSSR count). The molecule has 0 fully saturated rings. The van der Waals surface area contributed by atoms with Gasteiger partial charge in [0.15, 0.2) is 11.7 Å². The number of hydrogen-bond acceptors (Lipinski definition) is 4. The van der Waals surface area contributed by atoms with Gasteiger partial charge in [-0.25, -0.2) is 4.98 Å². The van der Waals surface area contributed by atoms with Crippen LogP contribution in [0.3, 0.4) is 0 Å². The maximum atomic E-state index is 13.0. The minimum Gasteiger partial charge on any atom is -0.484 e. The number of ether oxygens (including phenoxy) is 1. The fourth-order valence-electron chi connectivity index (χ4n) is 1.87. The molecule has 1 aromatic carbocycles. The number of alkyl halides is 3. The van der Waals surface area contributed by atoms with Gasteiger partial charge in [-0.1, -0.05) is 12.1 Å². The highest BCUT2D eigenvalue weighted by atomic mass is 32.2. The number of aromatic amines is 1. The molecule has 0 spiro atoms. The summed E-state index contributed by atoms with van der Waals surface area (Å²) in [7, 11) is -2.69. The molecular weight excluding hydrogens is 355 g/mol. The normalized spacial score (nSPS) is 18.9. The highest BCUT2D eigenvalue weighted by molar-refractivity contribution is 7.84. The van der Waals surface area contributed by atoms with Crippen LogP contribution < -0.4 is 4.74 Å². The van der Waals surface area contributed by atoms with E-state index in [9.17, 15) is 17.4 Å². The second kappa shape index (κ2) is 6.83. The van der Waals surface area contributed by atoms with Crippen molar-refractivity contribution in [2.45, 2.75) is 23.9 Å². The fraction of sp³-hybridized carbons (Fsp3) is 0.250. The number of H-pyrrole nitrogens is 1. The Hall–Kier alpha value is -2.42. The first kappa shape index (κ1) is 10.5. The Balaban J connectivity index is 2.14. The Morgan fingerprint density at radius 1 is 1.36 bits per heavy atom. The van der Waals surface area contributed by atoms with E-state index in [1.165, 1.54) is 0 Å². The highest BCUT2D eigenvalue weighted by Gasteiger charge is 2.29. The van der Waals surface area contributed by atoms with Gasteiger partial charge < -0.3 is 9.72 Å². The van der Waals surface area contributed by atoms with Crippen LogP contribution >= 0.6 is 0 Å². The zero-order chi connectivity index (χ0) is 24.1. The monoisotopic (exact) mass is 376 g/mol. The number of rotatable bonds is 5. The third kappa shape index (κ3) is 4.16. The van der Waals surface area contributed by atoms with Crippen LogP contribution in [0.4, 0.5) is 13.2 Å². The van der Waals surface area contributed by atoms with Gasteiger partial charge in [0.05, 0.1) is 36.0 Å². The summed E-state index contributed by atoms with van der Waals surface area (Å²) in [4.78, 5) is 10.3. The molecule has 2 aromatic heterocycles. The third-order valence-corrected chi connectivity index (χ3v) is 3.85. The van der Waals surface area contributed by atoms with E-state index in [1.807, 2.05) is 0 Å². The quantitative estimate of drug-likeness (QED) is 0.740. The zero-order valence-electron chi connectivity index (χ0n) is 19.2. The van der Waals surface area contributed by atoms with Gasteiger partial charge in [0.25, 0.3) is 0 Å². The van der Waals surface area contributed by atoms with Crippen LogP contribution in [0, 0.1) is 6.85 Å². The van der Waals surface area contributed by atoms with Crippen LogP contribution in [0.5, 0.6) is 5.75 Å². The van der Waals surface area contributed by atoms with Crippen LogP contribution in [0.25, 0.3) is 11.0 Å². The number of benzene rings is 1. The number of fused-ring (bicyclic) bond motifs is 1. The van der Waals surface area contributed by atoms with E-state index in [0.29, 0.717) is 17.1 Å². The molecule has 0 bridgehead atoms. The summed E-state index contributed by atoms with van der Waals surface area (Å²) in [6.45, 7) is -7.57. The summed E-state index contributed by atoms with van der Waals surface area (Å²) in [5.41, 5.74) is -4.41. The molecule has 1 N–H and O–H groups in total. The Bertz CT molecular complexity index is 1150. The Kier molecular flexibility index (Phi) is 2.88. The van der Waals surface area contributed by atoms with Crippen LogP contribution in [0.1, 0.15) is 20.9 Å². The molecule has 3 aromatic rings. The van der Waals surface area contributed by atoms with Crippen molar-refractivity contribution in [1.29, 1.82) is 0 Å². The molecule has 1 atom stereocenters. The summed E-state index contributed by atoms with van der Waals surface area (Å²) in [6, 6.07) is 7.08. The van der Waals surface area contributed by atoms with Crippen molar-refractivity contribution in [3.8, 4) is 5.75 Å². The van der Waals surface area contributed by atoms with E-state index in [4.69, 9.17) is 9.60 Å². The molecule has 0 radical (unpaired) electrons. The van der Waals surface area contributed by atoms with Gasteiger partial charge in [-0.15, -0.1) is 0 Å². The Labute approximate surface area is 153 Å². The predicted molar refractivity (Wildman–Crippen MR) is 86.7 cm³/mol. The first-order valence-electron chi connectivity index (χ1n) is 10.2. The van der Waals surface area contributed by atoms with Crippen LogP contribution in [0.15, 0.2) is 41.7 Å². The summed E-state index contributed by atoms with van der Waals surface area (Å²) in [5.74, 6) is -1.11. The molecule has 0 aliphatic rings. The number of halogens is 3. The maximum absolute atomic E-state index is 13.0. The number of imidazole rings is 1. The third-order valence-electron chi connectivity index (χ3n) is 2.92. The Morgan fingerprint density at radius 2 is 2.16 bits per heavy atom. The lowest BCUT2D eigenvalue weighted by molar-refractivity contribution is -0.153. The van der Waals surface area contributed by atoms with Crippen molar-refractivity contribution < 1.29 is 31.7 Å². The minimum absolute atomic E-state index is 0.353. The van der Waals surface area contributed by atoms with E-state index >= 15 is 0 Å². The zero-order valence-corrected chi connectivity index (χ0v) is 13.0. The Morgan fingerprint density at radius 3 is 2.88 bits per heavy atom. The maximum Gasteiger partial charge on any atom is 0.422 e. The van der Waals surface area contributed by atoms with Gasteiger partial charge in [-0.05, 0) is 25.1 Å². The highest BCUT2D eigenvalue weighted by Crippen LogP contribution is 2.24. The molecule has 132 valence electrons. The molecule has 0 amide bonds. The molecule has 1 unspecified atom stereocenters. The average Bonchev–Trinajstić information content (AvgIpc) is 3.09. The average molecular weight is 376 g/mol. The predicted octanol–water partition coefficient (Wildman–Crippen LogP) is 3.52. The van der Waals surface area contributed by atoms with E-state index in [-0.39, 0.29) is 5.16 Å². The molecule has 2 heterocycles. The standard InChI is InChI=1S/C16H14F3N3O2S/c1-10-13(20-7-6-14(10)24-9-16(17,18)19)8-25(23)15-21-11-4-2-3-5-12(11)22-15/h2-7H,8-9H2,1H3,(H,21,22)/i1D3,8D2,9D2. The smallest absolute Gasteiger partial charge is 0.422 e. The van der Waals surface area contributed by atoms with E-state index < -0.39 is 53.1 Å². The molecule has 0 saturated heterocycles. The number of nitrogens with zero attached hydrogens (tertiary/aromatic N) is 2. The van der Waals surface area contributed by atoms with E-state index in [1.54, 1.807) is 24.3 Å². The van der Waals surface area contributed by atoms with Crippen molar-refractivity contribution in [2.75, 3.05) is 6.56 Å². The number of nitrogens with one attached hydrogen (secondary N) is 1. The van der Waals surface area contributed by atoms with Crippen molar-refractivity contribution in [1.82, 2.24) is 15.0 Å². The number of aromatic nitrogens is 3. The van der Waals surface area contributed by atoms with E-state index in [2.05, 4.69) is 19.7 Å². The first-order chi connectivity index (χ1) is 14.6. The summed E-state index contributed by atoms with van der Waals surface area (Å²) < 4.78 is 110. The molecule has 0 aliphatic carbocycles. The second-order valence-electron chi connectivity index (χ2n) is 4.66. The summed E-state index contributed by atoms with van der Waals surface area (Å²) >= 11 is 0. The van der Waals surface area contributed by atoms with Crippen molar-refractivity contribution in [2.24, 2.45) is 0 Å². The van der Waals surface area contributed by atoms with E-state index in [0.717, 1.165) is 6.20 Å². The van der Waals surface area contributed by atoms with Gasteiger partial charge >= 0.3 is 6.18 Å². The van der Waals surface area contributed by atoms with Gasteiger partial charge in [0.1, 0.15) is 5.75 Å². The van der Waals surface area contributed by atoms with Crippen LogP contribution in [0.2, 0.25) is 0 Å². The minimum atomic E-state index is -5.52. The fourth-order valence-corrected chi connectivity index (χ4v) is 2.68. The van der Waals surface area contributed by atoms with Gasteiger partial charge in [0, 0.05) is 18.6 Å². The number of hydrogen-bond donors (Lipinski definition) is 1. The largest absolute Gasteiger partial charge is 0.484 e. The SMILES string of the molecule is [2H]C([2H])([2H])c1c(OC([2H])([2H])C(F)(F)F)ccnc1C([2H])([2H])S(=O)c1nc2ccccc2[nH]1. The molecular formula is C16H14F3N3O2S. The molecule has 5 nitrogen and oxygen atoms in total. The molecule has 9 heteroatoms. The van der Waals surface area contributed by atoms with Crippen molar-refractivity contribution in [3.63, 3.8) is 0 Å². The number of pyridine rings is 1. The topological polar surface area (TPSA) is 67.9 Å². The summed E-state index contributed by atoms with van der Waals surface area (Å²) in [6.07, 6.45) is -4.78. The lowest BCUT2D eigenvalue weighted by atomic mass is 10.2. The van der Waals surface area contributed by atoms with Gasteiger partial charge in [-0.2, -0.15) is 13.2 Å². The van der Waals surface area contributed by atoms with Crippen molar-refractivity contribution >= 4 is 21.8 Å². The second-order valence-corrected chi connectivity index (χ2v) is 5.79. The molecule has 0 aliphatic heterocycles. The van der Waals surface area contributed by atoms with Gasteiger partial charge in [0.2, 0.25) is 0 Å². The summed E-state index contributed by atoms with van der Waals surface area (Å²) in [5, 5.41) is -0.355. The lowest BCUT2D eigenvalue weighted by Gasteiger charge is -2.13. The lowest BCUT2D eigenvalue weighted by Crippen LogP contribution is -2.19. The van der Waals surface area contributed by atoms with Crippen molar-refractivity contribution in [3.05, 3.63) is 47.8 Å².